The minimum absolute atomic E-state index is 0.0144. The molecule has 4 aromatic rings. The zero-order valence-electron chi connectivity index (χ0n) is 22.9. The normalized spacial score (nSPS) is 14.5. The maximum Gasteiger partial charge on any atom is 0.338 e. The highest BCUT2D eigenvalue weighted by atomic mass is 16.5. The molecule has 0 bridgehead atoms. The van der Waals surface area contributed by atoms with E-state index in [0.717, 1.165) is 6.42 Å². The highest BCUT2D eigenvalue weighted by Gasteiger charge is 2.44. The third-order valence-electron chi connectivity index (χ3n) is 6.89. The van der Waals surface area contributed by atoms with E-state index in [1.54, 1.807) is 74.7 Å². The molecule has 0 fully saturated rings. The van der Waals surface area contributed by atoms with Crippen molar-refractivity contribution in [3.8, 4) is 11.5 Å². The third-order valence-corrected chi connectivity index (χ3v) is 6.89. The minimum atomic E-state index is -0.796. The van der Waals surface area contributed by atoms with Crippen LogP contribution in [-0.4, -0.2) is 32.2 Å². The number of nitrogens with zero attached hydrogens (tertiary/aromatic N) is 1. The standard InChI is InChI=1S/C32H31NO7/c1-5-38-32(36)20-10-13-22(14-11-20)33-28(21-12-15-25(26(18-21)37-4)39-17-16-19(2)3)27-29(34)23-8-6-7-9-24(23)40-30(27)31(33)35/h6-15,18-19,28H,5,16-17H2,1-4H3. The van der Waals surface area contributed by atoms with Gasteiger partial charge in [0.2, 0.25) is 5.76 Å². The first kappa shape index (κ1) is 27.0. The van der Waals surface area contributed by atoms with Crippen molar-refractivity contribution in [2.45, 2.75) is 33.2 Å². The predicted molar refractivity (Wildman–Crippen MR) is 151 cm³/mol. The van der Waals surface area contributed by atoms with E-state index in [9.17, 15) is 14.4 Å². The average molecular weight is 542 g/mol. The fourth-order valence-corrected chi connectivity index (χ4v) is 4.85. The van der Waals surface area contributed by atoms with Crippen LogP contribution in [0.4, 0.5) is 5.69 Å². The molecule has 5 rings (SSSR count). The zero-order chi connectivity index (χ0) is 28.4. The zero-order valence-corrected chi connectivity index (χ0v) is 22.9. The van der Waals surface area contributed by atoms with Crippen LogP contribution < -0.4 is 19.8 Å². The number of methoxy groups -OCH3 is 1. The molecular weight excluding hydrogens is 510 g/mol. The summed E-state index contributed by atoms with van der Waals surface area (Å²) < 4.78 is 22.7. The second-order valence-corrected chi connectivity index (χ2v) is 9.96. The van der Waals surface area contributed by atoms with Gasteiger partial charge in [-0.15, -0.1) is 0 Å². The van der Waals surface area contributed by atoms with E-state index in [4.69, 9.17) is 18.6 Å². The van der Waals surface area contributed by atoms with E-state index in [0.29, 0.717) is 51.8 Å². The van der Waals surface area contributed by atoms with Crippen LogP contribution in [0.5, 0.6) is 11.5 Å². The fraction of sp³-hybridized carbons (Fsp3) is 0.281. The van der Waals surface area contributed by atoms with Crippen molar-refractivity contribution in [3.63, 3.8) is 0 Å². The van der Waals surface area contributed by atoms with Gasteiger partial charge in [0.15, 0.2) is 16.9 Å². The van der Waals surface area contributed by atoms with Crippen molar-refractivity contribution in [2.24, 2.45) is 5.92 Å². The molecule has 1 amide bonds. The van der Waals surface area contributed by atoms with Crippen LogP contribution in [0.15, 0.2) is 75.9 Å². The SMILES string of the molecule is CCOC(=O)c1ccc(N2C(=O)c3oc4ccccc4c(=O)c3C2c2ccc(OCCC(C)C)c(OC)c2)cc1. The summed E-state index contributed by atoms with van der Waals surface area (Å²) in [6, 6.07) is 18.0. The van der Waals surface area contributed by atoms with Crippen LogP contribution in [0.25, 0.3) is 11.0 Å². The summed E-state index contributed by atoms with van der Waals surface area (Å²) in [6.07, 6.45) is 0.888. The molecule has 1 aromatic heterocycles. The monoisotopic (exact) mass is 541 g/mol. The second kappa shape index (κ2) is 11.3. The molecular formula is C32H31NO7. The number of hydrogen-bond acceptors (Lipinski definition) is 7. The summed E-state index contributed by atoms with van der Waals surface area (Å²) in [7, 11) is 1.55. The van der Waals surface area contributed by atoms with Crippen molar-refractivity contribution >= 4 is 28.5 Å². The summed E-state index contributed by atoms with van der Waals surface area (Å²) in [4.78, 5) is 41.4. The first-order valence-electron chi connectivity index (χ1n) is 13.3. The van der Waals surface area contributed by atoms with Gasteiger partial charge in [-0.3, -0.25) is 14.5 Å². The predicted octanol–water partition coefficient (Wildman–Crippen LogP) is 6.15. The number of esters is 1. The smallest absolute Gasteiger partial charge is 0.338 e. The number of ether oxygens (including phenoxy) is 3. The van der Waals surface area contributed by atoms with E-state index in [1.165, 1.54) is 4.90 Å². The Morgan fingerprint density at radius 1 is 1.00 bits per heavy atom. The van der Waals surface area contributed by atoms with Gasteiger partial charge in [-0.1, -0.05) is 32.0 Å². The van der Waals surface area contributed by atoms with Gasteiger partial charge in [0.05, 0.1) is 42.9 Å². The van der Waals surface area contributed by atoms with Gasteiger partial charge >= 0.3 is 5.97 Å². The van der Waals surface area contributed by atoms with Gasteiger partial charge in [-0.25, -0.2) is 4.79 Å². The molecule has 0 saturated carbocycles. The van der Waals surface area contributed by atoms with E-state index in [-0.39, 0.29) is 23.4 Å². The first-order valence-corrected chi connectivity index (χ1v) is 13.3. The summed E-state index contributed by atoms with van der Waals surface area (Å²) in [5.41, 5.74) is 1.80. The molecule has 1 atom stereocenters. The molecule has 206 valence electrons. The van der Waals surface area contributed by atoms with Gasteiger partial charge in [0, 0.05) is 5.69 Å². The molecule has 0 N–H and O–H groups in total. The van der Waals surface area contributed by atoms with E-state index in [1.807, 2.05) is 6.07 Å². The Morgan fingerprint density at radius 2 is 1.75 bits per heavy atom. The van der Waals surface area contributed by atoms with E-state index < -0.39 is 17.9 Å². The fourth-order valence-electron chi connectivity index (χ4n) is 4.85. The number of carbonyl (C=O) groups excluding carboxylic acids is 2. The topological polar surface area (TPSA) is 95.3 Å². The quantitative estimate of drug-likeness (QED) is 0.234. The number of rotatable bonds is 9. The Labute approximate surface area is 232 Å². The van der Waals surface area contributed by atoms with Crippen LogP contribution in [0, 0.1) is 5.92 Å². The third kappa shape index (κ3) is 4.93. The van der Waals surface area contributed by atoms with Gasteiger partial charge in [-0.05, 0) is 73.4 Å². The number of para-hydroxylation sites is 1. The lowest BCUT2D eigenvalue weighted by atomic mass is 9.97. The Kier molecular flexibility index (Phi) is 7.60. The Hall–Kier alpha value is -4.59. The minimum Gasteiger partial charge on any atom is -0.493 e. The Morgan fingerprint density at radius 3 is 2.45 bits per heavy atom. The van der Waals surface area contributed by atoms with Crippen LogP contribution in [0.2, 0.25) is 0 Å². The lowest BCUT2D eigenvalue weighted by Crippen LogP contribution is -2.29. The first-order chi connectivity index (χ1) is 19.3. The lowest BCUT2D eigenvalue weighted by molar-refractivity contribution is 0.0526. The molecule has 40 heavy (non-hydrogen) atoms. The molecule has 0 aliphatic carbocycles. The maximum atomic E-state index is 13.9. The average Bonchev–Trinajstić information content (AvgIpc) is 3.25. The Bertz CT molecular complexity index is 1620. The summed E-state index contributed by atoms with van der Waals surface area (Å²) in [5, 5.41) is 0.388. The molecule has 2 heterocycles. The molecule has 1 unspecified atom stereocenters. The molecule has 0 spiro atoms. The number of carbonyl (C=O) groups is 2. The van der Waals surface area contributed by atoms with Crippen molar-refractivity contribution in [2.75, 3.05) is 25.2 Å². The van der Waals surface area contributed by atoms with E-state index in [2.05, 4.69) is 13.8 Å². The second-order valence-electron chi connectivity index (χ2n) is 9.96. The molecule has 3 aromatic carbocycles. The molecule has 8 heteroatoms. The lowest BCUT2D eigenvalue weighted by Gasteiger charge is -2.26. The van der Waals surface area contributed by atoms with Gasteiger partial charge < -0.3 is 18.6 Å². The summed E-state index contributed by atoms with van der Waals surface area (Å²) in [6.45, 7) is 6.78. The summed E-state index contributed by atoms with van der Waals surface area (Å²) in [5.74, 6) is 0.631. The largest absolute Gasteiger partial charge is 0.493 e. The maximum absolute atomic E-state index is 13.9. The van der Waals surface area contributed by atoms with Crippen LogP contribution >= 0.6 is 0 Å². The van der Waals surface area contributed by atoms with Crippen molar-refractivity contribution in [1.29, 1.82) is 0 Å². The number of fused-ring (bicyclic) bond motifs is 2. The molecule has 8 nitrogen and oxygen atoms in total. The van der Waals surface area contributed by atoms with Gasteiger partial charge in [-0.2, -0.15) is 0 Å². The number of amides is 1. The van der Waals surface area contributed by atoms with Crippen LogP contribution in [0.1, 0.15) is 65.3 Å². The van der Waals surface area contributed by atoms with Crippen molar-refractivity contribution < 1.29 is 28.2 Å². The molecule has 0 saturated heterocycles. The number of hydrogen-bond donors (Lipinski definition) is 0. The molecule has 0 radical (unpaired) electrons. The molecule has 1 aliphatic heterocycles. The number of anilines is 1. The summed E-state index contributed by atoms with van der Waals surface area (Å²) >= 11 is 0. The number of benzene rings is 3. The van der Waals surface area contributed by atoms with E-state index >= 15 is 0 Å². The van der Waals surface area contributed by atoms with Gasteiger partial charge in [0.25, 0.3) is 5.91 Å². The van der Waals surface area contributed by atoms with Gasteiger partial charge in [0.1, 0.15) is 5.58 Å². The highest BCUT2D eigenvalue weighted by molar-refractivity contribution is 6.10. The highest BCUT2D eigenvalue weighted by Crippen LogP contribution is 2.43. The van der Waals surface area contributed by atoms with Crippen molar-refractivity contribution in [3.05, 3.63) is 99.4 Å². The van der Waals surface area contributed by atoms with Crippen LogP contribution in [-0.2, 0) is 4.74 Å². The Balaban J connectivity index is 1.63. The van der Waals surface area contributed by atoms with Crippen LogP contribution in [0.3, 0.4) is 0 Å². The van der Waals surface area contributed by atoms with Crippen molar-refractivity contribution in [1.82, 2.24) is 0 Å². The molecule has 1 aliphatic rings.